The number of hydrogen-bond donors (Lipinski definition) is 1. The van der Waals surface area contributed by atoms with Gasteiger partial charge in [-0.1, -0.05) is 31.9 Å². The van der Waals surface area contributed by atoms with Gasteiger partial charge in [0, 0.05) is 12.6 Å². The summed E-state index contributed by atoms with van der Waals surface area (Å²) in [6, 6.07) is 8.98. The van der Waals surface area contributed by atoms with Gasteiger partial charge >= 0.3 is 0 Å². The molecule has 19 heavy (non-hydrogen) atoms. The number of benzene rings is 1. The van der Waals surface area contributed by atoms with Gasteiger partial charge in [-0.15, -0.1) is 0 Å². The van der Waals surface area contributed by atoms with Crippen LogP contribution in [0.25, 0.3) is 11.0 Å². The summed E-state index contributed by atoms with van der Waals surface area (Å²) in [6.07, 6.45) is 7.35. The van der Waals surface area contributed by atoms with Gasteiger partial charge in [0.25, 0.3) is 0 Å². The molecule has 3 rings (SSSR count). The molecule has 1 aromatic heterocycles. The van der Waals surface area contributed by atoms with Gasteiger partial charge < -0.3 is 9.88 Å². The van der Waals surface area contributed by atoms with Crippen LogP contribution >= 0.6 is 0 Å². The second-order valence-corrected chi connectivity index (χ2v) is 5.72. The molecule has 0 saturated heterocycles. The van der Waals surface area contributed by atoms with E-state index in [1.807, 2.05) is 6.33 Å². The van der Waals surface area contributed by atoms with Crippen LogP contribution in [-0.4, -0.2) is 22.1 Å². The highest BCUT2D eigenvalue weighted by Gasteiger charge is 2.25. The summed E-state index contributed by atoms with van der Waals surface area (Å²) >= 11 is 0. The maximum atomic E-state index is 4.48. The maximum Gasteiger partial charge on any atom is 0.0958 e. The zero-order chi connectivity index (χ0) is 13.1. The van der Waals surface area contributed by atoms with E-state index in [1.165, 1.54) is 31.2 Å². The summed E-state index contributed by atoms with van der Waals surface area (Å²) in [6.45, 7) is 4.38. The molecule has 0 aliphatic heterocycles. The fourth-order valence-electron chi connectivity index (χ4n) is 2.72. The Labute approximate surface area is 115 Å². The van der Waals surface area contributed by atoms with E-state index < -0.39 is 0 Å². The summed E-state index contributed by atoms with van der Waals surface area (Å²) < 4.78 is 2.30. The summed E-state index contributed by atoms with van der Waals surface area (Å²) in [7, 11) is 0. The molecule has 0 amide bonds. The fraction of sp³-hybridized carbons (Fsp3) is 0.562. The Bertz CT molecular complexity index is 528. The molecule has 1 aliphatic carbocycles. The number of rotatable bonds is 7. The minimum Gasteiger partial charge on any atom is -0.329 e. The first-order valence-corrected chi connectivity index (χ1v) is 7.50. The largest absolute Gasteiger partial charge is 0.329 e. The first-order chi connectivity index (χ1) is 9.36. The average molecular weight is 257 g/mol. The van der Waals surface area contributed by atoms with E-state index in [9.17, 15) is 0 Å². The number of hydrogen-bond acceptors (Lipinski definition) is 2. The molecule has 3 nitrogen and oxygen atoms in total. The molecule has 0 spiro atoms. The van der Waals surface area contributed by atoms with E-state index >= 15 is 0 Å². The normalized spacial score (nSPS) is 16.9. The third kappa shape index (κ3) is 3.16. The average Bonchev–Trinajstić information content (AvgIpc) is 3.16. The lowest BCUT2D eigenvalue weighted by atomic mass is 10.1. The summed E-state index contributed by atoms with van der Waals surface area (Å²) in [5.41, 5.74) is 2.35. The van der Waals surface area contributed by atoms with Crippen molar-refractivity contribution < 1.29 is 0 Å². The number of fused-ring (bicyclic) bond motifs is 1. The van der Waals surface area contributed by atoms with E-state index in [-0.39, 0.29) is 0 Å². The highest BCUT2D eigenvalue weighted by Crippen LogP contribution is 2.34. The topological polar surface area (TPSA) is 29.9 Å². The first-order valence-electron chi connectivity index (χ1n) is 7.50. The molecule has 0 radical (unpaired) electrons. The van der Waals surface area contributed by atoms with Crippen LogP contribution in [0.3, 0.4) is 0 Å². The van der Waals surface area contributed by atoms with Crippen LogP contribution in [-0.2, 0) is 6.54 Å². The highest BCUT2D eigenvalue weighted by molar-refractivity contribution is 5.74. The molecular formula is C16H23N3. The van der Waals surface area contributed by atoms with Gasteiger partial charge in [-0.05, 0) is 37.4 Å². The Kier molecular flexibility index (Phi) is 3.83. The molecule has 102 valence electrons. The lowest BCUT2D eigenvalue weighted by molar-refractivity contribution is 0.410. The van der Waals surface area contributed by atoms with Crippen molar-refractivity contribution in [3.63, 3.8) is 0 Å². The molecule has 0 bridgehead atoms. The van der Waals surface area contributed by atoms with Crippen LogP contribution in [0.2, 0.25) is 0 Å². The maximum absolute atomic E-state index is 4.48. The van der Waals surface area contributed by atoms with Crippen LogP contribution in [0.1, 0.15) is 32.6 Å². The number of nitrogens with zero attached hydrogens (tertiary/aromatic N) is 2. The summed E-state index contributed by atoms with van der Waals surface area (Å²) in [4.78, 5) is 4.48. The van der Waals surface area contributed by atoms with E-state index in [2.05, 4.69) is 46.1 Å². The summed E-state index contributed by atoms with van der Waals surface area (Å²) in [5.74, 6) is 0.962. The SMILES string of the molecule is CCCNC(CC1CC1)Cn1cnc2ccccc21. The molecule has 1 fully saturated rings. The third-order valence-corrected chi connectivity index (χ3v) is 3.94. The predicted molar refractivity (Wildman–Crippen MR) is 79.2 cm³/mol. The van der Waals surface area contributed by atoms with Crippen molar-refractivity contribution in [2.24, 2.45) is 5.92 Å². The number of para-hydroxylation sites is 2. The van der Waals surface area contributed by atoms with Crippen LogP contribution in [0.5, 0.6) is 0 Å². The zero-order valence-corrected chi connectivity index (χ0v) is 11.7. The fourth-order valence-corrected chi connectivity index (χ4v) is 2.72. The van der Waals surface area contributed by atoms with Gasteiger partial charge in [-0.25, -0.2) is 4.98 Å². The van der Waals surface area contributed by atoms with Crippen molar-refractivity contribution in [1.82, 2.24) is 14.9 Å². The monoisotopic (exact) mass is 257 g/mol. The molecule has 1 N–H and O–H groups in total. The molecule has 1 aromatic carbocycles. The molecule has 1 heterocycles. The lowest BCUT2D eigenvalue weighted by Gasteiger charge is -2.19. The van der Waals surface area contributed by atoms with Crippen molar-refractivity contribution in [1.29, 1.82) is 0 Å². The lowest BCUT2D eigenvalue weighted by Crippen LogP contribution is -2.34. The second kappa shape index (κ2) is 5.74. The van der Waals surface area contributed by atoms with Crippen molar-refractivity contribution >= 4 is 11.0 Å². The highest BCUT2D eigenvalue weighted by atomic mass is 15.1. The van der Waals surface area contributed by atoms with Crippen LogP contribution in [0, 0.1) is 5.92 Å². The van der Waals surface area contributed by atoms with E-state index in [1.54, 1.807) is 0 Å². The van der Waals surface area contributed by atoms with Gasteiger partial charge in [-0.2, -0.15) is 0 Å². The van der Waals surface area contributed by atoms with E-state index in [4.69, 9.17) is 0 Å². The van der Waals surface area contributed by atoms with Gasteiger partial charge in [0.2, 0.25) is 0 Å². The molecule has 1 atom stereocenters. The van der Waals surface area contributed by atoms with Gasteiger partial charge in [0.1, 0.15) is 0 Å². The van der Waals surface area contributed by atoms with Crippen LogP contribution in [0.15, 0.2) is 30.6 Å². The Morgan fingerprint density at radius 3 is 3.00 bits per heavy atom. The zero-order valence-electron chi connectivity index (χ0n) is 11.7. The van der Waals surface area contributed by atoms with E-state index in [0.717, 1.165) is 24.5 Å². The Morgan fingerprint density at radius 1 is 1.37 bits per heavy atom. The number of nitrogens with one attached hydrogen (secondary N) is 1. The van der Waals surface area contributed by atoms with Crippen molar-refractivity contribution in [2.75, 3.05) is 6.54 Å². The van der Waals surface area contributed by atoms with Gasteiger partial charge in [0.15, 0.2) is 0 Å². The molecule has 1 aliphatic rings. The Balaban J connectivity index is 1.72. The smallest absolute Gasteiger partial charge is 0.0958 e. The van der Waals surface area contributed by atoms with Gasteiger partial charge in [-0.3, -0.25) is 0 Å². The number of aromatic nitrogens is 2. The molecule has 1 unspecified atom stereocenters. The van der Waals surface area contributed by atoms with Crippen molar-refractivity contribution in [3.05, 3.63) is 30.6 Å². The van der Waals surface area contributed by atoms with E-state index in [0.29, 0.717) is 6.04 Å². The Hall–Kier alpha value is -1.35. The quantitative estimate of drug-likeness (QED) is 0.825. The van der Waals surface area contributed by atoms with Crippen molar-refractivity contribution in [3.8, 4) is 0 Å². The molecule has 2 aromatic rings. The standard InChI is InChI=1S/C16H23N3/c1-2-9-17-14(10-13-7-8-13)11-19-12-18-15-5-3-4-6-16(15)19/h3-6,12-14,17H,2,7-11H2,1H3. The van der Waals surface area contributed by atoms with Gasteiger partial charge in [0.05, 0.1) is 17.4 Å². The molecule has 3 heteroatoms. The molecule has 1 saturated carbocycles. The Morgan fingerprint density at radius 2 is 2.21 bits per heavy atom. The third-order valence-electron chi connectivity index (χ3n) is 3.94. The minimum atomic E-state index is 0.588. The van der Waals surface area contributed by atoms with Crippen LogP contribution in [0.4, 0.5) is 0 Å². The predicted octanol–water partition coefficient (Wildman–Crippen LogP) is 3.20. The number of imidazole rings is 1. The minimum absolute atomic E-state index is 0.588. The van der Waals surface area contributed by atoms with Crippen molar-refractivity contribution in [2.45, 2.75) is 45.2 Å². The second-order valence-electron chi connectivity index (χ2n) is 5.72. The molecular weight excluding hydrogens is 234 g/mol. The summed E-state index contributed by atoms with van der Waals surface area (Å²) in [5, 5.41) is 3.70. The van der Waals surface area contributed by atoms with Crippen LogP contribution < -0.4 is 5.32 Å². The first kappa shape index (κ1) is 12.7.